The Hall–Kier alpha value is -3.93. The molecule has 0 heterocycles. The molecule has 69 heavy (non-hydrogen) atoms. The first-order chi connectivity index (χ1) is 34.0. The number of ether oxygens (including phenoxy) is 3. The van der Waals surface area contributed by atoms with Crippen molar-refractivity contribution in [3.63, 3.8) is 0 Å². The van der Waals surface area contributed by atoms with E-state index in [4.69, 9.17) is 14.2 Å². The van der Waals surface area contributed by atoms with E-state index in [0.29, 0.717) is 19.3 Å². The van der Waals surface area contributed by atoms with Crippen LogP contribution in [0.1, 0.15) is 252 Å². The molecule has 0 bridgehead atoms. The molecule has 0 aromatic rings. The van der Waals surface area contributed by atoms with Crippen LogP contribution >= 0.6 is 0 Å². The van der Waals surface area contributed by atoms with Crippen LogP contribution in [0.15, 0.2) is 109 Å². The maximum atomic E-state index is 12.9. The van der Waals surface area contributed by atoms with Gasteiger partial charge in [0, 0.05) is 19.3 Å². The summed E-state index contributed by atoms with van der Waals surface area (Å²) in [4.78, 5) is 38.2. The van der Waals surface area contributed by atoms with Crippen LogP contribution in [0, 0.1) is 0 Å². The van der Waals surface area contributed by atoms with Crippen LogP contribution < -0.4 is 0 Å². The Bertz CT molecular complexity index is 1420. The molecule has 0 amide bonds. The van der Waals surface area contributed by atoms with Crippen LogP contribution in [0.3, 0.4) is 0 Å². The number of unbranched alkanes of at least 4 members (excludes halogenated alkanes) is 23. The number of rotatable bonds is 50. The van der Waals surface area contributed by atoms with Gasteiger partial charge in [0.25, 0.3) is 0 Å². The van der Waals surface area contributed by atoms with E-state index < -0.39 is 6.10 Å². The second kappa shape index (κ2) is 56.7. The van der Waals surface area contributed by atoms with Gasteiger partial charge >= 0.3 is 17.9 Å². The molecule has 0 saturated carbocycles. The molecule has 6 heteroatoms. The van der Waals surface area contributed by atoms with Crippen molar-refractivity contribution in [1.29, 1.82) is 0 Å². The lowest BCUT2D eigenvalue weighted by molar-refractivity contribution is -0.167. The second-order valence-corrected chi connectivity index (χ2v) is 18.5. The van der Waals surface area contributed by atoms with Gasteiger partial charge in [-0.3, -0.25) is 14.4 Å². The number of hydrogen-bond acceptors (Lipinski definition) is 6. The standard InChI is InChI=1S/C63H104O6/c1-4-7-10-13-16-19-22-25-28-30-31-33-35-38-41-44-47-50-53-56-62(65)68-59-60(58-67-61(64)55-52-49-46-43-40-37-34-27-24-21-18-15-12-9-6-3)69-63(66)57-54-51-48-45-42-39-36-32-29-26-23-20-17-14-11-8-5-2/h7,9-10,12,15-21,24-26,28-29,31,33,60H,4-6,8,11,13-14,22-23,27,30,32,34-59H2,1-3H3/b10-7-,12-9-,18-15-,19-16-,20-17-,24-21-,28-25-,29-26-,33-31-. The van der Waals surface area contributed by atoms with Crippen molar-refractivity contribution >= 4 is 17.9 Å². The fraction of sp³-hybridized carbons (Fsp3) is 0.667. The number of hydrogen-bond donors (Lipinski definition) is 0. The van der Waals surface area contributed by atoms with Crippen molar-refractivity contribution in [3.05, 3.63) is 109 Å². The lowest BCUT2D eigenvalue weighted by atomic mass is 10.1. The van der Waals surface area contributed by atoms with Crippen LogP contribution in [0.25, 0.3) is 0 Å². The molecular weight excluding hydrogens is 853 g/mol. The Morgan fingerprint density at radius 2 is 0.638 bits per heavy atom. The molecule has 1 unspecified atom stereocenters. The minimum atomic E-state index is -0.796. The summed E-state index contributed by atoms with van der Waals surface area (Å²) < 4.78 is 16.8. The van der Waals surface area contributed by atoms with Gasteiger partial charge in [0.1, 0.15) is 13.2 Å². The first kappa shape index (κ1) is 65.1. The van der Waals surface area contributed by atoms with E-state index in [1.54, 1.807) is 0 Å². The largest absolute Gasteiger partial charge is 0.462 e. The Labute approximate surface area is 425 Å². The van der Waals surface area contributed by atoms with Crippen LogP contribution in [0.4, 0.5) is 0 Å². The quantitative estimate of drug-likeness (QED) is 0.0199. The predicted molar refractivity (Wildman–Crippen MR) is 297 cm³/mol. The molecule has 0 radical (unpaired) electrons. The summed E-state index contributed by atoms with van der Waals surface area (Å²) in [5.74, 6) is -0.926. The molecule has 392 valence electrons. The van der Waals surface area contributed by atoms with E-state index in [9.17, 15) is 14.4 Å². The topological polar surface area (TPSA) is 78.9 Å². The second-order valence-electron chi connectivity index (χ2n) is 18.5. The first-order valence-corrected chi connectivity index (χ1v) is 28.4. The summed E-state index contributed by atoms with van der Waals surface area (Å²) >= 11 is 0. The summed E-state index contributed by atoms with van der Waals surface area (Å²) in [5, 5.41) is 0. The number of allylic oxidation sites excluding steroid dienone is 18. The third-order valence-electron chi connectivity index (χ3n) is 11.8. The highest BCUT2D eigenvalue weighted by Gasteiger charge is 2.19. The average Bonchev–Trinajstić information content (AvgIpc) is 3.35. The highest BCUT2D eigenvalue weighted by atomic mass is 16.6. The SMILES string of the molecule is CC\C=C/C=C\C=C/CCCCCCCCCC(=O)OCC(COC(=O)CCCCCCCC/C=C\C/C=C\C/C=C\C/C=C\CC)OC(=O)CCCCCCCCC/C=C\C/C=C\CCCCC. The summed E-state index contributed by atoms with van der Waals surface area (Å²) in [6, 6.07) is 0. The van der Waals surface area contributed by atoms with Crippen LogP contribution in [-0.2, 0) is 28.6 Å². The smallest absolute Gasteiger partial charge is 0.306 e. The molecule has 6 nitrogen and oxygen atoms in total. The van der Waals surface area contributed by atoms with Crippen molar-refractivity contribution in [2.45, 2.75) is 258 Å². The van der Waals surface area contributed by atoms with E-state index in [-0.39, 0.29) is 31.1 Å². The van der Waals surface area contributed by atoms with Crippen molar-refractivity contribution in [2.24, 2.45) is 0 Å². The molecule has 0 aliphatic heterocycles. The van der Waals surface area contributed by atoms with Crippen molar-refractivity contribution < 1.29 is 28.6 Å². The summed E-state index contributed by atoms with van der Waals surface area (Å²) in [6.45, 7) is 6.35. The zero-order chi connectivity index (χ0) is 50.0. The zero-order valence-electron chi connectivity index (χ0n) is 44.8. The molecule has 0 aliphatic rings. The fourth-order valence-electron chi connectivity index (χ4n) is 7.58. The predicted octanol–water partition coefficient (Wildman–Crippen LogP) is 19.1. The van der Waals surface area contributed by atoms with E-state index in [1.807, 2.05) is 0 Å². The third kappa shape index (κ3) is 54.9. The van der Waals surface area contributed by atoms with Gasteiger partial charge in [-0.05, 0) is 109 Å². The zero-order valence-corrected chi connectivity index (χ0v) is 44.8. The summed E-state index contributed by atoms with van der Waals surface area (Å²) in [6.07, 6.45) is 76.4. The molecule has 0 aromatic carbocycles. The lowest BCUT2D eigenvalue weighted by Crippen LogP contribution is -2.30. The fourth-order valence-corrected chi connectivity index (χ4v) is 7.58. The Morgan fingerprint density at radius 1 is 0.319 bits per heavy atom. The van der Waals surface area contributed by atoms with Crippen molar-refractivity contribution in [3.8, 4) is 0 Å². The normalized spacial score (nSPS) is 12.9. The first-order valence-electron chi connectivity index (χ1n) is 28.4. The molecule has 0 spiro atoms. The Morgan fingerprint density at radius 3 is 1.04 bits per heavy atom. The molecular formula is C63H104O6. The molecule has 0 N–H and O–H groups in total. The summed E-state index contributed by atoms with van der Waals surface area (Å²) in [7, 11) is 0. The van der Waals surface area contributed by atoms with Gasteiger partial charge in [-0.15, -0.1) is 0 Å². The van der Waals surface area contributed by atoms with Gasteiger partial charge in [0.05, 0.1) is 0 Å². The minimum Gasteiger partial charge on any atom is -0.462 e. The molecule has 0 aromatic heterocycles. The maximum absolute atomic E-state index is 12.9. The Balaban J connectivity index is 4.45. The highest BCUT2D eigenvalue weighted by molar-refractivity contribution is 5.71. The Kier molecular flexibility index (Phi) is 53.4. The van der Waals surface area contributed by atoms with Crippen LogP contribution in [0.2, 0.25) is 0 Å². The summed E-state index contributed by atoms with van der Waals surface area (Å²) in [5.41, 5.74) is 0. The number of carbonyl (C=O) groups excluding carboxylic acids is 3. The van der Waals surface area contributed by atoms with E-state index in [0.717, 1.165) is 122 Å². The van der Waals surface area contributed by atoms with Gasteiger partial charge in [0.15, 0.2) is 6.10 Å². The van der Waals surface area contributed by atoms with Gasteiger partial charge in [0.2, 0.25) is 0 Å². The minimum absolute atomic E-state index is 0.0939. The van der Waals surface area contributed by atoms with Gasteiger partial charge in [-0.2, -0.15) is 0 Å². The molecule has 0 rings (SSSR count). The van der Waals surface area contributed by atoms with Gasteiger partial charge < -0.3 is 14.2 Å². The van der Waals surface area contributed by atoms with Crippen LogP contribution in [-0.4, -0.2) is 37.2 Å². The number of esters is 3. The number of carbonyl (C=O) groups is 3. The molecule has 0 fully saturated rings. The van der Waals surface area contributed by atoms with Crippen LogP contribution in [0.5, 0.6) is 0 Å². The van der Waals surface area contributed by atoms with Gasteiger partial charge in [-0.1, -0.05) is 233 Å². The monoisotopic (exact) mass is 957 g/mol. The van der Waals surface area contributed by atoms with E-state index in [2.05, 4.69) is 130 Å². The molecule has 0 saturated heterocycles. The lowest BCUT2D eigenvalue weighted by Gasteiger charge is -2.18. The highest BCUT2D eigenvalue weighted by Crippen LogP contribution is 2.14. The average molecular weight is 958 g/mol. The molecule has 0 aliphatic carbocycles. The molecule has 1 atom stereocenters. The van der Waals surface area contributed by atoms with Crippen molar-refractivity contribution in [2.75, 3.05) is 13.2 Å². The maximum Gasteiger partial charge on any atom is 0.306 e. The van der Waals surface area contributed by atoms with Gasteiger partial charge in [-0.25, -0.2) is 0 Å². The van der Waals surface area contributed by atoms with E-state index in [1.165, 1.54) is 89.9 Å². The van der Waals surface area contributed by atoms with Crippen molar-refractivity contribution in [1.82, 2.24) is 0 Å². The van der Waals surface area contributed by atoms with E-state index >= 15 is 0 Å². The third-order valence-corrected chi connectivity index (χ3v) is 11.8.